The average molecular weight is 270 g/mol. The summed E-state index contributed by atoms with van der Waals surface area (Å²) in [6.07, 6.45) is 0. The summed E-state index contributed by atoms with van der Waals surface area (Å²) in [5, 5.41) is 10.2. The van der Waals surface area contributed by atoms with E-state index in [0.717, 1.165) is 22.3 Å². The third-order valence-corrected chi connectivity index (χ3v) is 3.19. The van der Waals surface area contributed by atoms with Gasteiger partial charge < -0.3 is 5.11 Å². The van der Waals surface area contributed by atoms with Crippen molar-refractivity contribution in [2.75, 3.05) is 0 Å². The zero-order valence-electron chi connectivity index (χ0n) is 10.5. The van der Waals surface area contributed by atoms with Crippen molar-refractivity contribution in [2.24, 2.45) is 0 Å². The maximum atomic E-state index is 10.2. The second kappa shape index (κ2) is 6.76. The monoisotopic (exact) mass is 270 g/mol. The van der Waals surface area contributed by atoms with Crippen molar-refractivity contribution in [1.82, 2.24) is 0 Å². The van der Waals surface area contributed by atoms with Crippen LogP contribution in [0.15, 0.2) is 78.9 Å². The fourth-order valence-electron chi connectivity index (χ4n) is 2.31. The van der Waals surface area contributed by atoms with Crippen LogP contribution in [0.5, 0.6) is 5.75 Å². The molecule has 0 radical (unpaired) electrons. The number of aromatic hydroxyl groups is 1. The molecule has 0 aliphatic rings. The number of hydrogen-bond acceptors (Lipinski definition) is 1. The first-order chi connectivity index (χ1) is 9.36. The fraction of sp³-hybridized carbons (Fsp3) is 0. The van der Waals surface area contributed by atoms with Crippen LogP contribution in [0.3, 0.4) is 0 Å². The van der Waals surface area contributed by atoms with Gasteiger partial charge in [-0.05, 0) is 22.8 Å². The molecule has 0 bridgehead atoms. The van der Waals surface area contributed by atoms with Crippen molar-refractivity contribution in [3.8, 4) is 28.0 Å². The molecule has 0 aliphatic heterocycles. The first-order valence-electron chi connectivity index (χ1n) is 6.29. The molecule has 0 amide bonds. The zero-order valence-corrected chi connectivity index (χ0v) is 10.5. The Hall–Kier alpha value is -1.54. The second-order valence-electron chi connectivity index (χ2n) is 4.43. The molecule has 94 valence electrons. The molecule has 0 saturated heterocycles. The molecule has 1 N–H and O–H groups in total. The van der Waals surface area contributed by atoms with Gasteiger partial charge >= 0.3 is 29.6 Å². The summed E-state index contributed by atoms with van der Waals surface area (Å²) in [6.45, 7) is 0. The van der Waals surface area contributed by atoms with E-state index in [1.807, 2.05) is 60.7 Å². The molecule has 1 nitrogen and oxygen atoms in total. The summed E-state index contributed by atoms with van der Waals surface area (Å²) >= 11 is 0. The molecular weight excluding hydrogens is 255 g/mol. The van der Waals surface area contributed by atoms with Gasteiger partial charge in [0.1, 0.15) is 5.75 Å². The Kier molecular flexibility index (Phi) is 5.02. The van der Waals surface area contributed by atoms with Crippen LogP contribution in [-0.2, 0) is 0 Å². The Labute approximate surface area is 141 Å². The van der Waals surface area contributed by atoms with Gasteiger partial charge in [0, 0.05) is 5.56 Å². The van der Waals surface area contributed by atoms with Crippen LogP contribution in [0.25, 0.3) is 22.3 Å². The Morgan fingerprint density at radius 2 is 1.10 bits per heavy atom. The van der Waals surface area contributed by atoms with Gasteiger partial charge in [0.05, 0.1) is 0 Å². The van der Waals surface area contributed by atoms with E-state index in [2.05, 4.69) is 12.1 Å². The van der Waals surface area contributed by atoms with Crippen molar-refractivity contribution < 1.29 is 5.11 Å². The Bertz CT molecular complexity index is 678. The van der Waals surface area contributed by atoms with Crippen LogP contribution in [-0.4, -0.2) is 34.7 Å². The maximum absolute atomic E-state index is 10.2. The summed E-state index contributed by atoms with van der Waals surface area (Å²) in [6, 6.07) is 25.7. The normalized spacial score (nSPS) is 9.80. The standard InChI is InChI=1S/C18H14O.Na.H/c19-17-13-7-12-16(14-8-3-1-4-9-14)18(17)15-10-5-2-6-11-15;;/h1-13,19H;;. The third kappa shape index (κ3) is 2.96. The predicted octanol–water partition coefficient (Wildman–Crippen LogP) is 4.08. The van der Waals surface area contributed by atoms with Gasteiger partial charge in [0.25, 0.3) is 0 Å². The number of phenolic OH excluding ortho intramolecular Hbond substituents is 1. The van der Waals surface area contributed by atoms with Gasteiger partial charge in [-0.15, -0.1) is 0 Å². The molecule has 2 heteroatoms. The summed E-state index contributed by atoms with van der Waals surface area (Å²) in [7, 11) is 0. The number of benzene rings is 3. The van der Waals surface area contributed by atoms with Crippen LogP contribution < -0.4 is 0 Å². The van der Waals surface area contributed by atoms with E-state index >= 15 is 0 Å². The number of hydrogen-bond donors (Lipinski definition) is 1. The molecule has 0 spiro atoms. The van der Waals surface area contributed by atoms with E-state index in [-0.39, 0.29) is 29.6 Å². The van der Waals surface area contributed by atoms with Crippen LogP contribution in [0.1, 0.15) is 0 Å². The van der Waals surface area contributed by atoms with Gasteiger partial charge in [-0.3, -0.25) is 0 Å². The predicted molar refractivity (Wildman–Crippen MR) is 86.1 cm³/mol. The molecule has 0 saturated carbocycles. The quantitative estimate of drug-likeness (QED) is 0.696. The SMILES string of the molecule is Oc1cccc(-c2ccccc2)c1-c1ccccc1.[NaH]. The van der Waals surface area contributed by atoms with Gasteiger partial charge in [0.15, 0.2) is 0 Å². The molecule has 0 aliphatic carbocycles. The first kappa shape index (κ1) is 14.9. The molecule has 3 aromatic carbocycles. The summed E-state index contributed by atoms with van der Waals surface area (Å²) in [5.41, 5.74) is 4.07. The summed E-state index contributed by atoms with van der Waals surface area (Å²) in [5.74, 6) is 0.313. The third-order valence-electron chi connectivity index (χ3n) is 3.19. The molecule has 20 heavy (non-hydrogen) atoms. The van der Waals surface area contributed by atoms with Gasteiger partial charge in [-0.25, -0.2) is 0 Å². The van der Waals surface area contributed by atoms with Crippen molar-refractivity contribution >= 4 is 29.6 Å². The van der Waals surface area contributed by atoms with Crippen molar-refractivity contribution in [3.05, 3.63) is 78.9 Å². The molecule has 0 atom stereocenters. The van der Waals surface area contributed by atoms with Crippen LogP contribution in [0.4, 0.5) is 0 Å². The molecule has 3 rings (SSSR count). The Morgan fingerprint density at radius 1 is 0.550 bits per heavy atom. The molecule has 0 unspecified atom stereocenters. The molecule has 0 aromatic heterocycles. The number of phenols is 1. The molecule has 3 aromatic rings. The van der Waals surface area contributed by atoms with Crippen LogP contribution >= 0.6 is 0 Å². The average Bonchev–Trinajstić information content (AvgIpc) is 2.49. The van der Waals surface area contributed by atoms with E-state index in [9.17, 15) is 5.11 Å². The molecule has 0 fully saturated rings. The van der Waals surface area contributed by atoms with E-state index in [0.29, 0.717) is 5.75 Å². The summed E-state index contributed by atoms with van der Waals surface area (Å²) in [4.78, 5) is 0. The van der Waals surface area contributed by atoms with E-state index in [4.69, 9.17) is 0 Å². The van der Waals surface area contributed by atoms with Gasteiger partial charge in [-0.2, -0.15) is 0 Å². The topological polar surface area (TPSA) is 20.2 Å². The van der Waals surface area contributed by atoms with E-state index in [1.165, 1.54) is 0 Å². The second-order valence-corrected chi connectivity index (χ2v) is 4.43. The van der Waals surface area contributed by atoms with Crippen molar-refractivity contribution in [1.29, 1.82) is 0 Å². The van der Waals surface area contributed by atoms with Crippen LogP contribution in [0.2, 0.25) is 0 Å². The minimum atomic E-state index is 0. The fourth-order valence-corrected chi connectivity index (χ4v) is 2.31. The van der Waals surface area contributed by atoms with Crippen molar-refractivity contribution in [3.63, 3.8) is 0 Å². The van der Waals surface area contributed by atoms with Gasteiger partial charge in [-0.1, -0.05) is 72.8 Å². The van der Waals surface area contributed by atoms with Crippen LogP contribution in [0, 0.1) is 0 Å². The first-order valence-corrected chi connectivity index (χ1v) is 6.29. The molecule has 0 heterocycles. The summed E-state index contributed by atoms with van der Waals surface area (Å²) < 4.78 is 0. The van der Waals surface area contributed by atoms with Gasteiger partial charge in [0.2, 0.25) is 0 Å². The van der Waals surface area contributed by atoms with E-state index in [1.54, 1.807) is 6.07 Å². The Morgan fingerprint density at radius 3 is 1.70 bits per heavy atom. The zero-order chi connectivity index (χ0) is 13.1. The Balaban J connectivity index is 0.00000147. The number of rotatable bonds is 2. The minimum absolute atomic E-state index is 0. The van der Waals surface area contributed by atoms with Crippen molar-refractivity contribution in [2.45, 2.75) is 0 Å². The van der Waals surface area contributed by atoms with E-state index < -0.39 is 0 Å². The molecular formula is C18H15NaO.